The number of nitrogens with zero attached hydrogens (tertiary/aromatic N) is 2. The number of pyridine rings is 1. The molecule has 2 nitrogen and oxygen atoms in total. The second kappa shape index (κ2) is 5.22. The van der Waals surface area contributed by atoms with E-state index in [0.29, 0.717) is 11.8 Å². The van der Waals surface area contributed by atoms with Gasteiger partial charge in [-0.2, -0.15) is 0 Å². The van der Waals surface area contributed by atoms with Crippen molar-refractivity contribution in [1.82, 2.24) is 4.98 Å². The summed E-state index contributed by atoms with van der Waals surface area (Å²) in [4.78, 5) is 6.65. The van der Waals surface area contributed by atoms with Crippen LogP contribution in [0.3, 0.4) is 0 Å². The van der Waals surface area contributed by atoms with E-state index < -0.39 is 0 Å². The van der Waals surface area contributed by atoms with Gasteiger partial charge in [0, 0.05) is 24.1 Å². The fourth-order valence-electron chi connectivity index (χ4n) is 2.75. The highest BCUT2D eigenvalue weighted by Gasteiger charge is 2.22. The number of fused-ring (bicyclic) bond motifs is 1. The molecule has 0 saturated heterocycles. The minimum absolute atomic E-state index is 0.457. The first-order chi connectivity index (χ1) is 9.28. The number of aromatic nitrogens is 1. The fourth-order valence-corrected chi connectivity index (χ4v) is 2.89. The molecule has 3 rings (SSSR count). The van der Waals surface area contributed by atoms with Crippen molar-refractivity contribution in [2.45, 2.75) is 19.2 Å². The molecule has 0 amide bonds. The monoisotopic (exact) mass is 272 g/mol. The molecule has 2 aromatic rings. The zero-order chi connectivity index (χ0) is 13.2. The zero-order valence-corrected chi connectivity index (χ0v) is 11.8. The molecule has 0 radical (unpaired) electrons. The van der Waals surface area contributed by atoms with Gasteiger partial charge in [-0.15, -0.1) is 11.6 Å². The molecule has 3 heteroatoms. The highest BCUT2D eigenvalue weighted by Crippen LogP contribution is 2.35. The molecule has 1 aromatic heterocycles. The van der Waals surface area contributed by atoms with Crippen molar-refractivity contribution in [2.75, 3.05) is 11.4 Å². The third-order valence-electron chi connectivity index (χ3n) is 3.59. The highest BCUT2D eigenvalue weighted by molar-refractivity contribution is 6.16. The first-order valence-corrected chi connectivity index (χ1v) is 7.17. The molecule has 1 aliphatic rings. The molecule has 0 saturated carbocycles. The second-order valence-electron chi connectivity index (χ2n) is 5.19. The number of halogens is 1. The van der Waals surface area contributed by atoms with Crippen LogP contribution in [0.2, 0.25) is 0 Å². The maximum atomic E-state index is 5.89. The Labute approximate surface area is 119 Å². The summed E-state index contributed by atoms with van der Waals surface area (Å²) in [5.41, 5.74) is 4.84. The number of hydrogen-bond acceptors (Lipinski definition) is 2. The Kier molecular flexibility index (Phi) is 3.43. The Balaban J connectivity index is 2.04. The standard InChI is InChI=1S/C16H17ClN2/c1-12-8-13-4-2-3-5-16(13)19(11-12)15-6-7-18-14(9-15)10-17/h2-7,9,12H,8,10-11H2,1H3. The predicted molar refractivity (Wildman–Crippen MR) is 80.1 cm³/mol. The van der Waals surface area contributed by atoms with E-state index in [2.05, 4.69) is 53.2 Å². The van der Waals surface area contributed by atoms with Gasteiger partial charge in [-0.25, -0.2) is 0 Å². The van der Waals surface area contributed by atoms with Crippen LogP contribution in [-0.4, -0.2) is 11.5 Å². The fraction of sp³-hybridized carbons (Fsp3) is 0.312. The van der Waals surface area contributed by atoms with E-state index in [4.69, 9.17) is 11.6 Å². The van der Waals surface area contributed by atoms with Gasteiger partial charge < -0.3 is 4.90 Å². The predicted octanol–water partition coefficient (Wildman–Crippen LogP) is 4.15. The van der Waals surface area contributed by atoms with E-state index in [0.717, 1.165) is 18.7 Å². The lowest BCUT2D eigenvalue weighted by atomic mass is 9.93. The Morgan fingerprint density at radius 1 is 1.32 bits per heavy atom. The molecule has 0 fully saturated rings. The molecule has 98 valence electrons. The maximum Gasteiger partial charge on any atom is 0.0648 e. The van der Waals surface area contributed by atoms with Crippen molar-refractivity contribution in [2.24, 2.45) is 5.92 Å². The molecular formula is C16H17ClN2. The van der Waals surface area contributed by atoms with Crippen molar-refractivity contribution in [3.63, 3.8) is 0 Å². The van der Waals surface area contributed by atoms with Gasteiger partial charge in [0.1, 0.15) is 0 Å². The maximum absolute atomic E-state index is 5.89. The first-order valence-electron chi connectivity index (χ1n) is 6.64. The Bertz CT molecular complexity index is 582. The Hall–Kier alpha value is -1.54. The van der Waals surface area contributed by atoms with Crippen LogP contribution in [0, 0.1) is 5.92 Å². The summed E-state index contributed by atoms with van der Waals surface area (Å²) in [6.07, 6.45) is 3.00. The van der Waals surface area contributed by atoms with Crippen LogP contribution >= 0.6 is 11.6 Å². The van der Waals surface area contributed by atoms with Crippen LogP contribution < -0.4 is 4.90 Å². The van der Waals surface area contributed by atoms with Gasteiger partial charge >= 0.3 is 0 Å². The molecule has 1 atom stereocenters. The Morgan fingerprint density at radius 3 is 3.00 bits per heavy atom. The van der Waals surface area contributed by atoms with Crippen LogP contribution in [0.1, 0.15) is 18.2 Å². The third kappa shape index (κ3) is 2.45. The second-order valence-corrected chi connectivity index (χ2v) is 5.45. The molecule has 19 heavy (non-hydrogen) atoms. The van der Waals surface area contributed by atoms with Crippen LogP contribution in [0.5, 0.6) is 0 Å². The van der Waals surface area contributed by atoms with E-state index in [-0.39, 0.29) is 0 Å². The van der Waals surface area contributed by atoms with E-state index in [1.165, 1.54) is 16.9 Å². The lowest BCUT2D eigenvalue weighted by Crippen LogP contribution is -2.30. The van der Waals surface area contributed by atoms with Gasteiger partial charge in [0.05, 0.1) is 11.6 Å². The van der Waals surface area contributed by atoms with E-state index in [9.17, 15) is 0 Å². The van der Waals surface area contributed by atoms with Crippen LogP contribution in [0.4, 0.5) is 11.4 Å². The van der Waals surface area contributed by atoms with Crippen molar-refractivity contribution in [1.29, 1.82) is 0 Å². The minimum Gasteiger partial charge on any atom is -0.341 e. The number of hydrogen-bond donors (Lipinski definition) is 0. The normalized spacial score (nSPS) is 18.2. The summed E-state index contributed by atoms with van der Waals surface area (Å²) in [7, 11) is 0. The lowest BCUT2D eigenvalue weighted by Gasteiger charge is -2.35. The van der Waals surface area contributed by atoms with Gasteiger partial charge in [0.2, 0.25) is 0 Å². The van der Waals surface area contributed by atoms with Crippen molar-refractivity contribution in [3.8, 4) is 0 Å². The molecule has 0 aliphatic carbocycles. The SMILES string of the molecule is CC1Cc2ccccc2N(c2ccnc(CCl)c2)C1. The quantitative estimate of drug-likeness (QED) is 0.764. The van der Waals surface area contributed by atoms with Gasteiger partial charge in [0.25, 0.3) is 0 Å². The number of alkyl halides is 1. The molecule has 1 aromatic carbocycles. The smallest absolute Gasteiger partial charge is 0.0648 e. The molecule has 0 bridgehead atoms. The highest BCUT2D eigenvalue weighted by atomic mass is 35.5. The van der Waals surface area contributed by atoms with Crippen LogP contribution in [0.15, 0.2) is 42.6 Å². The molecule has 1 unspecified atom stereocenters. The minimum atomic E-state index is 0.457. The van der Waals surface area contributed by atoms with Crippen LogP contribution in [-0.2, 0) is 12.3 Å². The van der Waals surface area contributed by atoms with Crippen molar-refractivity contribution < 1.29 is 0 Å². The summed E-state index contributed by atoms with van der Waals surface area (Å²) in [6.45, 7) is 3.34. The first kappa shape index (κ1) is 12.5. The van der Waals surface area contributed by atoms with Gasteiger partial charge in [-0.05, 0) is 36.1 Å². The molecule has 0 spiro atoms. The number of para-hydroxylation sites is 1. The zero-order valence-electron chi connectivity index (χ0n) is 11.0. The summed E-state index contributed by atoms with van der Waals surface area (Å²) in [6, 6.07) is 12.8. The van der Waals surface area contributed by atoms with Gasteiger partial charge in [-0.3, -0.25) is 4.98 Å². The number of benzene rings is 1. The Morgan fingerprint density at radius 2 is 2.16 bits per heavy atom. The number of anilines is 2. The van der Waals surface area contributed by atoms with Crippen molar-refractivity contribution >= 4 is 23.0 Å². The summed E-state index contributed by atoms with van der Waals surface area (Å²) < 4.78 is 0. The topological polar surface area (TPSA) is 16.1 Å². The average molecular weight is 273 g/mol. The summed E-state index contributed by atoms with van der Waals surface area (Å²) in [5, 5.41) is 0. The summed E-state index contributed by atoms with van der Waals surface area (Å²) >= 11 is 5.89. The lowest BCUT2D eigenvalue weighted by molar-refractivity contribution is 0.562. The molecule has 2 heterocycles. The van der Waals surface area contributed by atoms with E-state index >= 15 is 0 Å². The van der Waals surface area contributed by atoms with Gasteiger partial charge in [-0.1, -0.05) is 25.1 Å². The molecule has 0 N–H and O–H groups in total. The largest absolute Gasteiger partial charge is 0.341 e. The summed E-state index contributed by atoms with van der Waals surface area (Å²) in [5.74, 6) is 1.11. The molecule has 1 aliphatic heterocycles. The van der Waals surface area contributed by atoms with Gasteiger partial charge in [0.15, 0.2) is 0 Å². The third-order valence-corrected chi connectivity index (χ3v) is 3.87. The van der Waals surface area contributed by atoms with Crippen LogP contribution in [0.25, 0.3) is 0 Å². The number of rotatable bonds is 2. The van der Waals surface area contributed by atoms with Crippen molar-refractivity contribution in [3.05, 3.63) is 53.9 Å². The average Bonchev–Trinajstić information content (AvgIpc) is 2.46. The van der Waals surface area contributed by atoms with E-state index in [1.54, 1.807) is 0 Å². The van der Waals surface area contributed by atoms with E-state index in [1.807, 2.05) is 6.20 Å². The molecular weight excluding hydrogens is 256 g/mol.